The number of carbonyl (C=O) groups excluding carboxylic acids is 1. The monoisotopic (exact) mass is 443 g/mol. The molecule has 0 bridgehead atoms. The molecule has 2 aliphatic heterocycles. The lowest BCUT2D eigenvalue weighted by Gasteiger charge is -2.24. The van der Waals surface area contributed by atoms with Crippen LogP contribution in [-0.2, 0) is 16.6 Å². The van der Waals surface area contributed by atoms with Gasteiger partial charge in [-0.2, -0.15) is 4.31 Å². The zero-order valence-corrected chi connectivity index (χ0v) is 18.7. The van der Waals surface area contributed by atoms with Crippen LogP contribution in [0.4, 0.5) is 5.69 Å². The molecule has 2 aromatic rings. The van der Waals surface area contributed by atoms with Crippen LogP contribution in [0.3, 0.4) is 0 Å². The van der Waals surface area contributed by atoms with Gasteiger partial charge in [0.15, 0.2) is 0 Å². The molecule has 2 aliphatic rings. The van der Waals surface area contributed by atoms with Gasteiger partial charge in [-0.1, -0.05) is 12.1 Å². The van der Waals surface area contributed by atoms with Crippen molar-refractivity contribution in [2.45, 2.75) is 37.1 Å². The second kappa shape index (κ2) is 9.28. The molecule has 166 valence electrons. The third-order valence-corrected chi connectivity index (χ3v) is 7.89. The topological polar surface area (TPSA) is 79.0 Å². The average molecular weight is 444 g/mol. The number of nitrogens with zero attached hydrogens (tertiary/aromatic N) is 2. The van der Waals surface area contributed by atoms with E-state index < -0.39 is 10.0 Å². The number of amides is 1. The Morgan fingerprint density at radius 1 is 0.968 bits per heavy atom. The Morgan fingerprint density at radius 3 is 2.26 bits per heavy atom. The summed E-state index contributed by atoms with van der Waals surface area (Å²) < 4.78 is 33.5. The van der Waals surface area contributed by atoms with Crippen molar-refractivity contribution in [1.82, 2.24) is 9.62 Å². The standard InChI is InChI=1S/C23H29N3O4S/c1-30-20-9-6-18(7-10-20)17-24-23(27)19-8-11-21(25-12-2-3-13-25)22(16-19)31(28,29)26-14-4-5-15-26/h6-11,16H,2-5,12-15,17H2,1H3,(H,24,27). The number of nitrogens with one attached hydrogen (secondary N) is 1. The van der Waals surface area contributed by atoms with Crippen molar-refractivity contribution in [3.63, 3.8) is 0 Å². The predicted octanol–water partition coefficient (Wildman–Crippen LogP) is 3.01. The largest absolute Gasteiger partial charge is 0.497 e. The predicted molar refractivity (Wildman–Crippen MR) is 120 cm³/mol. The minimum Gasteiger partial charge on any atom is -0.497 e. The highest BCUT2D eigenvalue weighted by atomic mass is 32.2. The van der Waals surface area contributed by atoms with Crippen molar-refractivity contribution in [1.29, 1.82) is 0 Å². The molecule has 1 amide bonds. The summed E-state index contributed by atoms with van der Waals surface area (Å²) >= 11 is 0. The van der Waals surface area contributed by atoms with Gasteiger partial charge in [-0.15, -0.1) is 0 Å². The molecule has 0 atom stereocenters. The van der Waals surface area contributed by atoms with Gasteiger partial charge in [-0.25, -0.2) is 8.42 Å². The summed E-state index contributed by atoms with van der Waals surface area (Å²) in [5, 5.41) is 2.89. The Labute approximate surface area is 184 Å². The van der Waals surface area contributed by atoms with Gasteiger partial charge in [0, 0.05) is 38.3 Å². The Kier molecular flexibility index (Phi) is 6.48. The Balaban J connectivity index is 1.58. The first-order chi connectivity index (χ1) is 15.0. The Hall–Kier alpha value is -2.58. The molecule has 0 unspecified atom stereocenters. The van der Waals surface area contributed by atoms with Gasteiger partial charge in [-0.3, -0.25) is 4.79 Å². The number of rotatable bonds is 7. The molecule has 1 N–H and O–H groups in total. The van der Waals surface area contributed by atoms with Crippen LogP contribution < -0.4 is 15.0 Å². The van der Waals surface area contributed by atoms with E-state index >= 15 is 0 Å². The molecule has 2 aromatic carbocycles. The maximum absolute atomic E-state index is 13.4. The van der Waals surface area contributed by atoms with E-state index in [1.54, 1.807) is 29.6 Å². The molecular formula is C23H29N3O4S. The number of methoxy groups -OCH3 is 1. The Bertz CT molecular complexity index is 1030. The van der Waals surface area contributed by atoms with E-state index in [9.17, 15) is 13.2 Å². The smallest absolute Gasteiger partial charge is 0.251 e. The highest BCUT2D eigenvalue weighted by Crippen LogP contribution is 2.32. The lowest BCUT2D eigenvalue weighted by Crippen LogP contribution is -2.31. The SMILES string of the molecule is COc1ccc(CNC(=O)c2ccc(N3CCCC3)c(S(=O)(=O)N3CCCC3)c2)cc1. The third kappa shape index (κ3) is 4.70. The molecule has 31 heavy (non-hydrogen) atoms. The molecule has 0 radical (unpaired) electrons. The maximum atomic E-state index is 13.4. The van der Waals surface area contributed by atoms with Crippen LogP contribution in [0.2, 0.25) is 0 Å². The summed E-state index contributed by atoms with van der Waals surface area (Å²) in [6.45, 7) is 3.10. The van der Waals surface area contributed by atoms with Crippen LogP contribution in [0.1, 0.15) is 41.6 Å². The number of benzene rings is 2. The molecule has 0 aromatic heterocycles. The van der Waals surface area contributed by atoms with E-state index in [2.05, 4.69) is 10.2 Å². The van der Waals surface area contributed by atoms with Gasteiger partial charge >= 0.3 is 0 Å². The first-order valence-electron chi connectivity index (χ1n) is 10.8. The van der Waals surface area contributed by atoms with Crippen LogP contribution in [0.15, 0.2) is 47.4 Å². The number of anilines is 1. The number of carbonyl (C=O) groups is 1. The summed E-state index contributed by atoms with van der Waals surface area (Å²) in [4.78, 5) is 15.2. The van der Waals surface area contributed by atoms with Gasteiger partial charge in [0.2, 0.25) is 10.0 Å². The van der Waals surface area contributed by atoms with E-state index in [1.807, 2.05) is 24.3 Å². The second-order valence-corrected chi connectivity index (χ2v) is 9.92. The summed E-state index contributed by atoms with van der Waals surface area (Å²) in [5.41, 5.74) is 2.00. The maximum Gasteiger partial charge on any atom is 0.251 e. The van der Waals surface area contributed by atoms with Gasteiger partial charge in [0.05, 0.1) is 12.8 Å². The minimum atomic E-state index is -3.64. The van der Waals surface area contributed by atoms with Crippen molar-refractivity contribution >= 4 is 21.6 Å². The molecule has 0 saturated carbocycles. The van der Waals surface area contributed by atoms with Crippen LogP contribution >= 0.6 is 0 Å². The fourth-order valence-electron chi connectivity index (χ4n) is 4.18. The first kappa shape index (κ1) is 21.6. The molecule has 4 rings (SSSR count). The summed E-state index contributed by atoms with van der Waals surface area (Å²) in [7, 11) is -2.03. The Morgan fingerprint density at radius 2 is 1.61 bits per heavy atom. The molecule has 8 heteroatoms. The molecule has 2 fully saturated rings. The average Bonchev–Trinajstić information content (AvgIpc) is 3.52. The number of sulfonamides is 1. The van der Waals surface area contributed by atoms with E-state index in [0.717, 1.165) is 50.1 Å². The molecule has 7 nitrogen and oxygen atoms in total. The fourth-order valence-corrected chi connectivity index (χ4v) is 5.93. The van der Waals surface area contributed by atoms with Gasteiger partial charge in [-0.05, 0) is 61.6 Å². The number of ether oxygens (including phenoxy) is 1. The van der Waals surface area contributed by atoms with E-state index in [4.69, 9.17) is 4.74 Å². The van der Waals surface area contributed by atoms with Crippen molar-refractivity contribution in [3.05, 3.63) is 53.6 Å². The van der Waals surface area contributed by atoms with Gasteiger partial charge in [0.25, 0.3) is 5.91 Å². The molecule has 2 saturated heterocycles. The van der Waals surface area contributed by atoms with Crippen molar-refractivity contribution in [3.8, 4) is 5.75 Å². The molecule has 0 spiro atoms. The second-order valence-electron chi connectivity index (χ2n) is 8.02. The van der Waals surface area contributed by atoms with Crippen molar-refractivity contribution in [2.24, 2.45) is 0 Å². The van der Waals surface area contributed by atoms with E-state index in [-0.39, 0.29) is 10.8 Å². The lowest BCUT2D eigenvalue weighted by molar-refractivity contribution is 0.0950. The summed E-state index contributed by atoms with van der Waals surface area (Å²) in [6.07, 6.45) is 3.85. The zero-order valence-electron chi connectivity index (χ0n) is 17.8. The minimum absolute atomic E-state index is 0.244. The van der Waals surface area contributed by atoms with E-state index in [0.29, 0.717) is 30.9 Å². The quantitative estimate of drug-likeness (QED) is 0.712. The van der Waals surface area contributed by atoms with Gasteiger partial charge < -0.3 is 15.0 Å². The summed E-state index contributed by atoms with van der Waals surface area (Å²) in [6, 6.07) is 12.5. The molecular weight excluding hydrogens is 414 g/mol. The van der Waals surface area contributed by atoms with Crippen LogP contribution in [0.5, 0.6) is 5.75 Å². The van der Waals surface area contributed by atoms with Crippen molar-refractivity contribution < 1.29 is 17.9 Å². The molecule has 0 aliphatic carbocycles. The number of hydrogen-bond acceptors (Lipinski definition) is 5. The highest BCUT2D eigenvalue weighted by Gasteiger charge is 2.32. The molecule has 2 heterocycles. The zero-order chi connectivity index (χ0) is 21.8. The third-order valence-electron chi connectivity index (χ3n) is 5.96. The van der Waals surface area contributed by atoms with Crippen molar-refractivity contribution in [2.75, 3.05) is 38.2 Å². The lowest BCUT2D eigenvalue weighted by atomic mass is 10.1. The van der Waals surface area contributed by atoms with Gasteiger partial charge in [0.1, 0.15) is 10.6 Å². The first-order valence-corrected chi connectivity index (χ1v) is 12.2. The van der Waals surface area contributed by atoms with Crippen LogP contribution in [0.25, 0.3) is 0 Å². The van der Waals surface area contributed by atoms with Crippen LogP contribution in [0, 0.1) is 0 Å². The van der Waals surface area contributed by atoms with E-state index in [1.165, 1.54) is 0 Å². The number of hydrogen-bond donors (Lipinski definition) is 1. The van der Waals surface area contributed by atoms with Crippen LogP contribution in [-0.4, -0.2) is 51.9 Å². The fraction of sp³-hybridized carbons (Fsp3) is 0.435. The summed E-state index contributed by atoms with van der Waals surface area (Å²) in [5.74, 6) is 0.464. The normalized spacial score (nSPS) is 17.1. The highest BCUT2D eigenvalue weighted by molar-refractivity contribution is 7.89.